The lowest BCUT2D eigenvalue weighted by molar-refractivity contribution is 0.577. The highest BCUT2D eigenvalue weighted by Crippen LogP contribution is 2.25. The number of benzene rings is 2. The van der Waals surface area contributed by atoms with Crippen LogP contribution in [0, 0.1) is 11.8 Å². The maximum atomic E-state index is 5.27. The zero-order valence-electron chi connectivity index (χ0n) is 31.4. The normalized spacial score (nSPS) is 12.1. The first-order chi connectivity index (χ1) is 23.1. The molecule has 0 aliphatic heterocycles. The van der Waals surface area contributed by atoms with Gasteiger partial charge in [0, 0.05) is 0 Å². The van der Waals surface area contributed by atoms with Gasteiger partial charge < -0.3 is 0 Å². The number of hydrogen-bond acceptors (Lipinski definition) is 2. The fourth-order valence-electron chi connectivity index (χ4n) is 6.08. The molecule has 0 aromatic heterocycles. The predicted octanol–water partition coefficient (Wildman–Crippen LogP) is 14.0. The second kappa shape index (κ2) is 26.1. The number of aliphatic imine (C=N–C) groups is 2. The monoisotopic (exact) mass is 637 g/mol. The van der Waals surface area contributed by atoms with Crippen molar-refractivity contribution in [2.24, 2.45) is 9.98 Å². The molecule has 0 N–H and O–H groups in total. The maximum absolute atomic E-state index is 5.27. The number of nitrogens with zero attached hydrogens (tertiary/aromatic N) is 2. The summed E-state index contributed by atoms with van der Waals surface area (Å²) in [7, 11) is 0. The lowest BCUT2D eigenvalue weighted by Gasteiger charge is -2.12. The van der Waals surface area contributed by atoms with Crippen LogP contribution >= 0.6 is 0 Å². The van der Waals surface area contributed by atoms with Crippen molar-refractivity contribution in [1.82, 2.24) is 0 Å². The van der Waals surface area contributed by atoms with Crippen molar-refractivity contribution in [3.8, 4) is 11.8 Å². The largest absolute Gasteiger partial charge is 0.246 e. The molecule has 47 heavy (non-hydrogen) atoms. The molecule has 0 fully saturated rings. The first-order valence-electron chi connectivity index (χ1n) is 19.6. The third kappa shape index (κ3) is 16.6. The van der Waals surface area contributed by atoms with Crippen LogP contribution in [-0.2, 0) is 25.7 Å². The van der Waals surface area contributed by atoms with Crippen LogP contribution in [0.25, 0.3) is 0 Å². The summed E-state index contributed by atoms with van der Waals surface area (Å²) in [4.78, 5) is 10.5. The van der Waals surface area contributed by atoms with Crippen molar-refractivity contribution >= 4 is 22.8 Å². The van der Waals surface area contributed by atoms with Gasteiger partial charge in [-0.15, -0.1) is 0 Å². The second-order valence-electron chi connectivity index (χ2n) is 13.3. The summed E-state index contributed by atoms with van der Waals surface area (Å²) in [5, 5.41) is 0. The minimum atomic E-state index is 0.757. The lowest BCUT2D eigenvalue weighted by atomic mass is 9.97. The summed E-state index contributed by atoms with van der Waals surface area (Å²) in [6, 6.07) is 13.7. The van der Waals surface area contributed by atoms with Gasteiger partial charge in [0.25, 0.3) is 0 Å². The molecule has 0 unspecified atom stereocenters. The van der Waals surface area contributed by atoms with E-state index < -0.39 is 0 Å². The molecule has 0 bridgehead atoms. The molecule has 0 aliphatic carbocycles. The van der Waals surface area contributed by atoms with Gasteiger partial charge in [0.2, 0.25) is 0 Å². The Morgan fingerprint density at radius 1 is 0.532 bits per heavy atom. The van der Waals surface area contributed by atoms with E-state index in [9.17, 15) is 0 Å². The smallest absolute Gasteiger partial charge is 0.139 e. The first-order valence-corrected chi connectivity index (χ1v) is 19.6. The molecule has 0 heterocycles. The van der Waals surface area contributed by atoms with Gasteiger partial charge in [-0.2, -0.15) is 0 Å². The molecule has 2 rings (SSSR count). The van der Waals surface area contributed by atoms with E-state index in [2.05, 4.69) is 95.0 Å². The van der Waals surface area contributed by atoms with E-state index in [0.29, 0.717) is 0 Å². The number of hydrogen-bond donors (Lipinski definition) is 0. The topological polar surface area (TPSA) is 24.7 Å². The van der Waals surface area contributed by atoms with Crippen molar-refractivity contribution in [3.05, 3.63) is 70.8 Å². The Bertz CT molecular complexity index is 1280. The third-order valence-corrected chi connectivity index (χ3v) is 9.05. The van der Waals surface area contributed by atoms with E-state index in [1.165, 1.54) is 125 Å². The molecule has 2 aromatic rings. The average Bonchev–Trinajstić information content (AvgIpc) is 3.09. The Balaban J connectivity index is 2.46. The third-order valence-electron chi connectivity index (χ3n) is 9.05. The van der Waals surface area contributed by atoms with Gasteiger partial charge >= 0.3 is 0 Å². The molecular weight excluding hydrogens is 569 g/mol. The molecule has 0 aliphatic rings. The molecule has 0 atom stereocenters. The molecule has 0 radical (unpaired) electrons. The first kappa shape index (κ1) is 40.3. The van der Waals surface area contributed by atoms with Crippen molar-refractivity contribution in [1.29, 1.82) is 0 Å². The Kier molecular flexibility index (Phi) is 22.3. The van der Waals surface area contributed by atoms with Gasteiger partial charge in [0.05, 0.1) is 17.1 Å². The molecular formula is C45H68N2. The predicted molar refractivity (Wildman–Crippen MR) is 211 cm³/mol. The quantitative estimate of drug-likeness (QED) is 0.0588. The number of unbranched alkanes of at least 4 members (excludes halogenated alkanes) is 12. The molecule has 2 heteroatoms. The zero-order chi connectivity index (χ0) is 34.0. The highest BCUT2D eigenvalue weighted by Gasteiger charge is 2.10. The van der Waals surface area contributed by atoms with E-state index in [1.54, 1.807) is 0 Å². The van der Waals surface area contributed by atoms with Gasteiger partial charge in [0.1, 0.15) is 5.71 Å². The van der Waals surface area contributed by atoms with Crippen LogP contribution in [0.5, 0.6) is 0 Å². The number of aryl methyl sites for hydroxylation is 4. The summed E-state index contributed by atoms with van der Waals surface area (Å²) in [6.45, 7) is 13.3. The van der Waals surface area contributed by atoms with Gasteiger partial charge in [-0.3, -0.25) is 0 Å². The second-order valence-corrected chi connectivity index (χ2v) is 13.3. The fourth-order valence-corrected chi connectivity index (χ4v) is 6.08. The van der Waals surface area contributed by atoms with Crippen molar-refractivity contribution in [2.45, 2.75) is 176 Å². The summed E-state index contributed by atoms with van der Waals surface area (Å²) in [6.07, 6.45) is 30.5. The summed E-state index contributed by atoms with van der Waals surface area (Å²) >= 11 is 0. The lowest BCUT2D eigenvalue weighted by Crippen LogP contribution is -2.09. The van der Waals surface area contributed by atoms with Gasteiger partial charge in [-0.05, 0) is 130 Å². The SMILES string of the molecule is CC#CC(=Nc1ccc(CCCC)c(CCCC)c1)C(C=CCCCCCCCCCC)=Nc1ccc(CCCC)c(CCCC)c1. The molecule has 0 spiro atoms. The number of rotatable bonds is 25. The Labute approximate surface area is 291 Å². The van der Waals surface area contributed by atoms with Crippen LogP contribution in [0.1, 0.15) is 173 Å². The van der Waals surface area contributed by atoms with Gasteiger partial charge in [-0.25, -0.2) is 9.98 Å². The summed E-state index contributed by atoms with van der Waals surface area (Å²) < 4.78 is 0. The fraction of sp³-hybridized carbons (Fsp3) is 0.600. The minimum Gasteiger partial charge on any atom is -0.246 e. The van der Waals surface area contributed by atoms with Crippen molar-refractivity contribution in [3.63, 3.8) is 0 Å². The summed E-state index contributed by atoms with van der Waals surface area (Å²) in [5.41, 5.74) is 9.47. The van der Waals surface area contributed by atoms with Crippen LogP contribution in [-0.4, -0.2) is 11.4 Å². The van der Waals surface area contributed by atoms with E-state index >= 15 is 0 Å². The van der Waals surface area contributed by atoms with Gasteiger partial charge in [-0.1, -0.05) is 129 Å². The zero-order valence-corrected chi connectivity index (χ0v) is 31.4. The van der Waals surface area contributed by atoms with E-state index in [4.69, 9.17) is 9.98 Å². The molecule has 0 saturated carbocycles. The average molecular weight is 637 g/mol. The van der Waals surface area contributed by atoms with E-state index in [-0.39, 0.29) is 0 Å². The highest BCUT2D eigenvalue weighted by atomic mass is 14.8. The van der Waals surface area contributed by atoms with Crippen molar-refractivity contribution in [2.75, 3.05) is 0 Å². The minimum absolute atomic E-state index is 0.757. The number of allylic oxidation sites excluding steroid dienone is 2. The molecule has 258 valence electrons. The molecule has 2 aromatic carbocycles. The van der Waals surface area contributed by atoms with Crippen molar-refractivity contribution < 1.29 is 0 Å². The van der Waals surface area contributed by atoms with Crippen LogP contribution in [0.4, 0.5) is 11.4 Å². The van der Waals surface area contributed by atoms with Gasteiger partial charge in [0.15, 0.2) is 0 Å². The maximum Gasteiger partial charge on any atom is 0.139 e. The van der Waals surface area contributed by atoms with E-state index in [0.717, 1.165) is 54.9 Å². The molecule has 0 amide bonds. The Morgan fingerprint density at radius 2 is 0.979 bits per heavy atom. The molecule has 2 nitrogen and oxygen atoms in total. The van der Waals surface area contributed by atoms with Crippen LogP contribution in [0.3, 0.4) is 0 Å². The van der Waals surface area contributed by atoms with Crippen LogP contribution in [0.2, 0.25) is 0 Å². The van der Waals surface area contributed by atoms with Crippen LogP contribution < -0.4 is 0 Å². The Hall–Kier alpha value is -2.92. The Morgan fingerprint density at radius 3 is 1.47 bits per heavy atom. The highest BCUT2D eigenvalue weighted by molar-refractivity contribution is 6.53. The standard InChI is InChI=1S/C45H68N2/c1-7-13-18-19-20-21-22-23-24-25-31-45(47-43-35-33-39(28-15-9-3)41(37-43)30-17-11-5)44(26-12-6)46-42-34-32-38(27-14-8-2)40(36-42)29-16-10-4/h25,31-37H,7-11,13-24,27-30H2,1-6H3. The van der Waals surface area contributed by atoms with Crippen LogP contribution in [0.15, 0.2) is 58.5 Å². The van der Waals surface area contributed by atoms with E-state index in [1.807, 2.05) is 6.92 Å². The summed E-state index contributed by atoms with van der Waals surface area (Å²) in [5.74, 6) is 6.51. The molecule has 0 saturated heterocycles.